The minimum Gasteiger partial charge on any atom is -0.444 e. The van der Waals surface area contributed by atoms with Crippen molar-refractivity contribution in [2.45, 2.75) is 32.9 Å². The summed E-state index contributed by atoms with van der Waals surface area (Å²) in [6.07, 6.45) is 1.48. The van der Waals surface area contributed by atoms with Crippen LogP contribution >= 0.6 is 15.9 Å². The molecule has 0 radical (unpaired) electrons. The maximum absolute atomic E-state index is 11.6. The standard InChI is InChI=1S/C16H19BrN2O2/c1-16(2,3)21-15(20)19-10-11-8-14(18-9-11)12-4-6-13(17)7-5-12/h4-9,18H,10H2,1-3H3,(H,19,20). The molecule has 2 N–H and O–H groups in total. The molecule has 1 aromatic heterocycles. The van der Waals surface area contributed by atoms with Crippen molar-refractivity contribution < 1.29 is 9.53 Å². The molecule has 0 saturated carbocycles. The van der Waals surface area contributed by atoms with E-state index in [-0.39, 0.29) is 0 Å². The second-order valence-electron chi connectivity index (χ2n) is 5.78. The van der Waals surface area contributed by atoms with Gasteiger partial charge in [0, 0.05) is 22.9 Å². The predicted molar refractivity (Wildman–Crippen MR) is 87.0 cm³/mol. The molecular formula is C16H19BrN2O2. The van der Waals surface area contributed by atoms with E-state index in [0.717, 1.165) is 21.3 Å². The Morgan fingerprint density at radius 1 is 1.29 bits per heavy atom. The van der Waals surface area contributed by atoms with E-state index < -0.39 is 11.7 Å². The number of carbonyl (C=O) groups excluding carboxylic acids is 1. The van der Waals surface area contributed by atoms with Crippen LogP contribution in [0.1, 0.15) is 26.3 Å². The fourth-order valence-corrected chi connectivity index (χ4v) is 2.09. The van der Waals surface area contributed by atoms with E-state index in [1.54, 1.807) is 0 Å². The van der Waals surface area contributed by atoms with Gasteiger partial charge in [-0.1, -0.05) is 28.1 Å². The fraction of sp³-hybridized carbons (Fsp3) is 0.312. The van der Waals surface area contributed by atoms with Crippen molar-refractivity contribution in [1.82, 2.24) is 10.3 Å². The maximum Gasteiger partial charge on any atom is 0.407 e. The molecule has 21 heavy (non-hydrogen) atoms. The maximum atomic E-state index is 11.6. The highest BCUT2D eigenvalue weighted by molar-refractivity contribution is 9.10. The largest absolute Gasteiger partial charge is 0.444 e. The summed E-state index contributed by atoms with van der Waals surface area (Å²) in [5, 5.41) is 2.74. The van der Waals surface area contributed by atoms with E-state index in [2.05, 4.69) is 26.2 Å². The van der Waals surface area contributed by atoms with Crippen molar-refractivity contribution in [3.05, 3.63) is 46.6 Å². The lowest BCUT2D eigenvalue weighted by molar-refractivity contribution is 0.0523. The number of aromatic nitrogens is 1. The molecule has 4 nitrogen and oxygen atoms in total. The Morgan fingerprint density at radius 2 is 1.95 bits per heavy atom. The number of halogens is 1. The Labute approximate surface area is 133 Å². The minimum atomic E-state index is -0.481. The third kappa shape index (κ3) is 4.93. The monoisotopic (exact) mass is 350 g/mol. The van der Waals surface area contributed by atoms with Crippen molar-refractivity contribution in [3.63, 3.8) is 0 Å². The smallest absolute Gasteiger partial charge is 0.407 e. The van der Waals surface area contributed by atoms with E-state index in [0.29, 0.717) is 6.54 Å². The van der Waals surface area contributed by atoms with Crippen LogP contribution in [-0.2, 0) is 11.3 Å². The van der Waals surface area contributed by atoms with Gasteiger partial charge in [-0.15, -0.1) is 0 Å². The first-order valence-electron chi connectivity index (χ1n) is 6.73. The van der Waals surface area contributed by atoms with Crippen LogP contribution < -0.4 is 5.32 Å². The lowest BCUT2D eigenvalue weighted by atomic mass is 10.1. The van der Waals surface area contributed by atoms with Crippen molar-refractivity contribution in [1.29, 1.82) is 0 Å². The van der Waals surface area contributed by atoms with Crippen molar-refractivity contribution in [3.8, 4) is 11.3 Å². The highest BCUT2D eigenvalue weighted by Gasteiger charge is 2.15. The number of H-pyrrole nitrogens is 1. The zero-order valence-electron chi connectivity index (χ0n) is 12.4. The van der Waals surface area contributed by atoms with Crippen LogP contribution in [0.4, 0.5) is 4.79 Å². The number of rotatable bonds is 3. The first kappa shape index (κ1) is 15.6. The van der Waals surface area contributed by atoms with E-state index >= 15 is 0 Å². The third-order valence-corrected chi connectivity index (χ3v) is 3.26. The molecule has 0 atom stereocenters. The van der Waals surface area contributed by atoms with Crippen molar-refractivity contribution in [2.75, 3.05) is 0 Å². The zero-order chi connectivity index (χ0) is 15.5. The first-order chi connectivity index (χ1) is 9.83. The zero-order valence-corrected chi connectivity index (χ0v) is 14.0. The van der Waals surface area contributed by atoms with Crippen LogP contribution in [0.5, 0.6) is 0 Å². The molecule has 2 rings (SSSR count). The van der Waals surface area contributed by atoms with Gasteiger partial charge in [-0.25, -0.2) is 4.79 Å². The third-order valence-electron chi connectivity index (χ3n) is 2.73. The van der Waals surface area contributed by atoms with Crippen LogP contribution in [0.2, 0.25) is 0 Å². The Hall–Kier alpha value is -1.75. The molecular weight excluding hydrogens is 332 g/mol. The van der Waals surface area contributed by atoms with Gasteiger partial charge in [-0.05, 0) is 50.1 Å². The second-order valence-corrected chi connectivity index (χ2v) is 6.70. The number of hydrogen-bond donors (Lipinski definition) is 2. The lowest BCUT2D eigenvalue weighted by Gasteiger charge is -2.19. The number of hydrogen-bond acceptors (Lipinski definition) is 2. The summed E-state index contributed by atoms with van der Waals surface area (Å²) in [6.45, 7) is 5.96. The van der Waals surface area contributed by atoms with Gasteiger partial charge in [0.2, 0.25) is 0 Å². The lowest BCUT2D eigenvalue weighted by Crippen LogP contribution is -2.32. The molecule has 1 aromatic carbocycles. The Kier molecular flexibility index (Phi) is 4.73. The van der Waals surface area contributed by atoms with Gasteiger partial charge in [-0.3, -0.25) is 0 Å². The molecule has 2 aromatic rings. The highest BCUT2D eigenvalue weighted by atomic mass is 79.9. The number of aromatic amines is 1. The molecule has 0 aliphatic rings. The number of ether oxygens (including phenoxy) is 1. The molecule has 0 aliphatic heterocycles. The Morgan fingerprint density at radius 3 is 2.57 bits per heavy atom. The topological polar surface area (TPSA) is 54.1 Å². The fourth-order valence-electron chi connectivity index (χ4n) is 1.83. The average Bonchev–Trinajstić information content (AvgIpc) is 2.84. The van der Waals surface area contributed by atoms with Gasteiger partial charge < -0.3 is 15.0 Å². The van der Waals surface area contributed by atoms with Crippen LogP contribution in [0.25, 0.3) is 11.3 Å². The summed E-state index contributed by atoms with van der Waals surface area (Å²) in [5.41, 5.74) is 2.63. The molecule has 0 fully saturated rings. The number of carbonyl (C=O) groups is 1. The van der Waals surface area contributed by atoms with Gasteiger partial charge in [-0.2, -0.15) is 0 Å². The summed E-state index contributed by atoms with van der Waals surface area (Å²) in [7, 11) is 0. The molecule has 112 valence electrons. The second kappa shape index (κ2) is 6.35. The van der Waals surface area contributed by atoms with E-state index in [9.17, 15) is 4.79 Å². The SMILES string of the molecule is CC(C)(C)OC(=O)NCc1c[nH]c(-c2ccc(Br)cc2)c1. The summed E-state index contributed by atoms with van der Waals surface area (Å²) in [4.78, 5) is 14.8. The summed E-state index contributed by atoms with van der Waals surface area (Å²) < 4.78 is 6.24. The van der Waals surface area contributed by atoms with Crippen molar-refractivity contribution >= 4 is 22.0 Å². The molecule has 5 heteroatoms. The number of amides is 1. The first-order valence-corrected chi connectivity index (χ1v) is 7.53. The molecule has 0 unspecified atom stereocenters. The molecule has 1 heterocycles. The molecule has 0 bridgehead atoms. The van der Waals surface area contributed by atoms with Crippen LogP contribution in [-0.4, -0.2) is 16.7 Å². The molecule has 0 aliphatic carbocycles. The number of alkyl carbamates (subject to hydrolysis) is 1. The number of nitrogens with one attached hydrogen (secondary N) is 2. The van der Waals surface area contributed by atoms with Gasteiger partial charge >= 0.3 is 6.09 Å². The van der Waals surface area contributed by atoms with Gasteiger partial charge in [0.25, 0.3) is 0 Å². The predicted octanol–water partition coefficient (Wildman–Crippen LogP) is 4.47. The van der Waals surface area contributed by atoms with E-state index in [4.69, 9.17) is 4.74 Å². The molecule has 0 saturated heterocycles. The highest BCUT2D eigenvalue weighted by Crippen LogP contribution is 2.21. The summed E-state index contributed by atoms with van der Waals surface area (Å²) in [5.74, 6) is 0. The molecule has 1 amide bonds. The molecule has 0 spiro atoms. The van der Waals surface area contributed by atoms with Gasteiger partial charge in [0.05, 0.1) is 0 Å². The Bertz CT molecular complexity index is 612. The summed E-state index contributed by atoms with van der Waals surface area (Å²) >= 11 is 3.42. The van der Waals surface area contributed by atoms with Crippen molar-refractivity contribution in [2.24, 2.45) is 0 Å². The summed E-state index contributed by atoms with van der Waals surface area (Å²) in [6, 6.07) is 10.1. The quantitative estimate of drug-likeness (QED) is 0.857. The number of benzene rings is 1. The van der Waals surface area contributed by atoms with E-state index in [1.165, 1.54) is 0 Å². The van der Waals surface area contributed by atoms with E-state index in [1.807, 2.05) is 57.3 Å². The average molecular weight is 351 g/mol. The van der Waals surface area contributed by atoms with Crippen LogP contribution in [0.15, 0.2) is 41.0 Å². The minimum absolute atomic E-state index is 0.408. The van der Waals surface area contributed by atoms with Crippen LogP contribution in [0.3, 0.4) is 0 Å². The van der Waals surface area contributed by atoms with Gasteiger partial charge in [0.15, 0.2) is 0 Å². The van der Waals surface area contributed by atoms with Crippen LogP contribution in [0, 0.1) is 0 Å². The Balaban J connectivity index is 1.94. The van der Waals surface area contributed by atoms with Gasteiger partial charge in [0.1, 0.15) is 5.60 Å². The normalized spacial score (nSPS) is 11.2.